The quantitative estimate of drug-likeness (QED) is 0.604. The number of imide groups is 1. The predicted octanol–water partition coefficient (Wildman–Crippen LogP) is 0.403. The molecule has 0 bridgehead atoms. The fraction of sp³-hybridized carbons (Fsp3) is 0.692. The van der Waals surface area contributed by atoms with Gasteiger partial charge in [0, 0.05) is 46.8 Å². The Hall–Kier alpha value is -1.92. The second-order valence-corrected chi connectivity index (χ2v) is 4.53. The van der Waals surface area contributed by atoms with Gasteiger partial charge >= 0.3 is 0 Å². The second kappa shape index (κ2) is 7.62. The maximum absolute atomic E-state index is 10.9. The third-order valence-corrected chi connectivity index (χ3v) is 3.25. The van der Waals surface area contributed by atoms with E-state index in [4.69, 9.17) is 0 Å². The molecule has 0 radical (unpaired) electrons. The zero-order valence-electron chi connectivity index (χ0n) is 11.5. The number of carbonyl (C=O) groups excluding carboxylic acids is 4. The van der Waals surface area contributed by atoms with Gasteiger partial charge in [-0.05, 0) is 6.42 Å². The minimum atomic E-state index is -0.0498. The summed E-state index contributed by atoms with van der Waals surface area (Å²) in [5, 5.41) is 2.68. The smallest absolute Gasteiger partial charge is 0.241 e. The summed E-state index contributed by atoms with van der Waals surface area (Å²) in [4.78, 5) is 44.4. The molecule has 4 amide bonds. The third kappa shape index (κ3) is 4.32. The summed E-state index contributed by atoms with van der Waals surface area (Å²) in [6.07, 6.45) is 2.48. The standard InChI is InChI=1S/C6H10N2O2.C6H9NO2.CH4/c1-7-5(9)3-4-6(10)8(7)2;1-7-5(8)3-2-4-6(7)9;/h3-4H2,1-2H3;2-4H2,1H3;1H4. The van der Waals surface area contributed by atoms with Gasteiger partial charge in [-0.2, -0.15) is 0 Å². The first-order chi connectivity index (χ1) is 8.84. The van der Waals surface area contributed by atoms with Gasteiger partial charge in [0.05, 0.1) is 0 Å². The van der Waals surface area contributed by atoms with Crippen LogP contribution in [0, 0.1) is 0 Å². The van der Waals surface area contributed by atoms with Gasteiger partial charge in [0.25, 0.3) is 0 Å². The number of amides is 4. The molecular weight excluding hydrogens is 262 g/mol. The molecule has 20 heavy (non-hydrogen) atoms. The molecule has 0 N–H and O–H groups in total. The van der Waals surface area contributed by atoms with Crippen molar-refractivity contribution in [3.63, 3.8) is 0 Å². The minimum absolute atomic E-state index is 0. The fourth-order valence-electron chi connectivity index (χ4n) is 1.74. The van der Waals surface area contributed by atoms with Gasteiger partial charge in [-0.3, -0.25) is 34.1 Å². The number of piperidine rings is 1. The Labute approximate surface area is 119 Å². The molecule has 0 aliphatic carbocycles. The van der Waals surface area contributed by atoms with Crippen LogP contribution in [0.2, 0.25) is 0 Å². The van der Waals surface area contributed by atoms with E-state index in [2.05, 4.69) is 0 Å². The Kier molecular flexibility index (Phi) is 6.89. The molecule has 2 heterocycles. The largest absolute Gasteiger partial charge is 0.286 e. The van der Waals surface area contributed by atoms with Crippen molar-refractivity contribution in [1.29, 1.82) is 0 Å². The van der Waals surface area contributed by atoms with Crippen LogP contribution in [0.3, 0.4) is 0 Å². The number of nitrogens with zero attached hydrogens (tertiary/aromatic N) is 3. The molecule has 114 valence electrons. The summed E-state index contributed by atoms with van der Waals surface area (Å²) >= 11 is 0. The lowest BCUT2D eigenvalue weighted by molar-refractivity contribution is -0.164. The van der Waals surface area contributed by atoms with E-state index in [-0.39, 0.29) is 31.1 Å². The molecule has 0 atom stereocenters. The summed E-state index contributed by atoms with van der Waals surface area (Å²) in [7, 11) is 4.72. The molecule has 0 aromatic heterocycles. The summed E-state index contributed by atoms with van der Waals surface area (Å²) in [5.41, 5.74) is 0. The van der Waals surface area contributed by atoms with Crippen molar-refractivity contribution in [2.45, 2.75) is 39.5 Å². The lowest BCUT2D eigenvalue weighted by atomic mass is 10.1. The summed E-state index contributed by atoms with van der Waals surface area (Å²) < 4.78 is 0. The molecule has 7 heteroatoms. The van der Waals surface area contributed by atoms with Crippen LogP contribution < -0.4 is 0 Å². The first-order valence-corrected chi connectivity index (χ1v) is 6.17. The van der Waals surface area contributed by atoms with Crippen LogP contribution in [0.5, 0.6) is 0 Å². The van der Waals surface area contributed by atoms with Gasteiger partial charge in [-0.25, -0.2) is 0 Å². The summed E-state index contributed by atoms with van der Waals surface area (Å²) in [6, 6.07) is 0. The lowest BCUT2D eigenvalue weighted by Crippen LogP contribution is -2.48. The van der Waals surface area contributed by atoms with Crippen LogP contribution in [0.1, 0.15) is 39.5 Å². The molecule has 2 aliphatic rings. The molecule has 0 unspecified atom stereocenters. The number of hydrazine groups is 1. The van der Waals surface area contributed by atoms with E-state index < -0.39 is 0 Å². The first-order valence-electron chi connectivity index (χ1n) is 6.17. The van der Waals surface area contributed by atoms with Crippen LogP contribution in [0.4, 0.5) is 0 Å². The van der Waals surface area contributed by atoms with Gasteiger partial charge in [-0.15, -0.1) is 0 Å². The minimum Gasteiger partial charge on any atom is -0.286 e. The molecular formula is C13H23N3O4. The van der Waals surface area contributed by atoms with Crippen molar-refractivity contribution in [2.24, 2.45) is 0 Å². The van der Waals surface area contributed by atoms with Gasteiger partial charge in [0.2, 0.25) is 23.6 Å². The highest BCUT2D eigenvalue weighted by molar-refractivity contribution is 5.97. The van der Waals surface area contributed by atoms with Crippen molar-refractivity contribution >= 4 is 23.6 Å². The maximum atomic E-state index is 10.9. The van der Waals surface area contributed by atoms with Crippen LogP contribution >= 0.6 is 0 Å². The van der Waals surface area contributed by atoms with E-state index in [0.717, 1.165) is 6.42 Å². The zero-order valence-corrected chi connectivity index (χ0v) is 11.5. The topological polar surface area (TPSA) is 78.0 Å². The highest BCUT2D eigenvalue weighted by Crippen LogP contribution is 2.09. The van der Waals surface area contributed by atoms with Crippen LogP contribution in [0.25, 0.3) is 0 Å². The number of hydrogen-bond acceptors (Lipinski definition) is 4. The molecule has 0 spiro atoms. The third-order valence-electron chi connectivity index (χ3n) is 3.25. The van der Waals surface area contributed by atoms with Crippen LogP contribution in [-0.2, 0) is 19.2 Å². The number of likely N-dealkylation sites (tertiary alicyclic amines) is 1. The van der Waals surface area contributed by atoms with E-state index in [1.807, 2.05) is 0 Å². The predicted molar refractivity (Wildman–Crippen MR) is 73.1 cm³/mol. The molecule has 0 aromatic rings. The maximum Gasteiger partial charge on any atom is 0.241 e. The summed E-state index contributed by atoms with van der Waals surface area (Å²) in [5.74, 6) is -0.0956. The highest BCUT2D eigenvalue weighted by Gasteiger charge is 2.24. The van der Waals surface area contributed by atoms with Gasteiger partial charge < -0.3 is 0 Å². The van der Waals surface area contributed by atoms with Crippen LogP contribution in [0.15, 0.2) is 0 Å². The van der Waals surface area contributed by atoms with Gasteiger partial charge in [-0.1, -0.05) is 7.43 Å². The normalized spacial score (nSPS) is 19.4. The second-order valence-electron chi connectivity index (χ2n) is 4.53. The van der Waals surface area contributed by atoms with Gasteiger partial charge in [0.15, 0.2) is 0 Å². The fourth-order valence-corrected chi connectivity index (χ4v) is 1.74. The molecule has 2 saturated heterocycles. The van der Waals surface area contributed by atoms with Crippen molar-refractivity contribution in [3.8, 4) is 0 Å². The lowest BCUT2D eigenvalue weighted by Gasteiger charge is -2.32. The monoisotopic (exact) mass is 285 g/mol. The Morgan fingerprint density at radius 3 is 1.30 bits per heavy atom. The van der Waals surface area contributed by atoms with E-state index in [0.29, 0.717) is 25.7 Å². The van der Waals surface area contributed by atoms with E-state index in [9.17, 15) is 19.2 Å². The zero-order chi connectivity index (χ0) is 14.6. The Morgan fingerprint density at radius 2 is 1.00 bits per heavy atom. The van der Waals surface area contributed by atoms with Crippen LogP contribution in [-0.4, -0.2) is 59.7 Å². The highest BCUT2D eigenvalue weighted by atomic mass is 16.2. The van der Waals surface area contributed by atoms with Gasteiger partial charge in [0.1, 0.15) is 0 Å². The Bertz CT molecular complexity index is 372. The van der Waals surface area contributed by atoms with E-state index >= 15 is 0 Å². The molecule has 2 rings (SSSR count). The molecule has 2 fully saturated rings. The average molecular weight is 285 g/mol. The number of rotatable bonds is 0. The number of hydrogen-bond donors (Lipinski definition) is 0. The molecule has 0 aromatic carbocycles. The van der Waals surface area contributed by atoms with E-state index in [1.165, 1.54) is 22.0 Å². The molecule has 7 nitrogen and oxygen atoms in total. The number of carbonyl (C=O) groups is 4. The van der Waals surface area contributed by atoms with Crippen molar-refractivity contribution in [1.82, 2.24) is 14.9 Å². The summed E-state index contributed by atoms with van der Waals surface area (Å²) in [6.45, 7) is 0. The SMILES string of the molecule is C.CN1C(=O)CCC(=O)N1C.CN1C(=O)CCCC1=O. The molecule has 2 aliphatic heterocycles. The Morgan fingerprint density at radius 1 is 0.650 bits per heavy atom. The first kappa shape index (κ1) is 18.1. The van der Waals surface area contributed by atoms with E-state index in [1.54, 1.807) is 14.1 Å². The van der Waals surface area contributed by atoms with Crippen molar-refractivity contribution < 1.29 is 19.2 Å². The molecule has 0 saturated carbocycles. The van der Waals surface area contributed by atoms with Crippen molar-refractivity contribution in [2.75, 3.05) is 21.1 Å². The average Bonchev–Trinajstić information content (AvgIpc) is 2.39. The van der Waals surface area contributed by atoms with Crippen molar-refractivity contribution in [3.05, 3.63) is 0 Å². The Balaban J connectivity index is 0.000000345.